The van der Waals surface area contributed by atoms with Crippen molar-refractivity contribution in [3.05, 3.63) is 58.6 Å². The zero-order valence-electron chi connectivity index (χ0n) is 13.5. The van der Waals surface area contributed by atoms with Crippen molar-refractivity contribution >= 4 is 41.2 Å². The molecular weight excluding hydrogens is 360 g/mol. The highest BCUT2D eigenvalue weighted by Crippen LogP contribution is 2.28. The van der Waals surface area contributed by atoms with Crippen LogP contribution in [0.25, 0.3) is 6.08 Å². The van der Waals surface area contributed by atoms with Gasteiger partial charge in [-0.3, -0.25) is 14.9 Å². The van der Waals surface area contributed by atoms with Crippen LogP contribution in [0.15, 0.2) is 48.0 Å². The molecule has 132 valence electrons. The number of hydrogen-bond acceptors (Lipinski definition) is 5. The van der Waals surface area contributed by atoms with Crippen LogP contribution >= 0.6 is 11.6 Å². The Morgan fingerprint density at radius 2 is 1.81 bits per heavy atom. The molecule has 2 aromatic rings. The first-order valence-electron chi connectivity index (χ1n) is 7.44. The lowest BCUT2D eigenvalue weighted by Gasteiger charge is -2.26. The van der Waals surface area contributed by atoms with Gasteiger partial charge < -0.3 is 9.84 Å². The fourth-order valence-corrected chi connectivity index (χ4v) is 2.56. The van der Waals surface area contributed by atoms with Gasteiger partial charge in [0.15, 0.2) is 11.5 Å². The molecule has 3 rings (SSSR count). The van der Waals surface area contributed by atoms with Crippen LogP contribution < -0.4 is 15.0 Å². The molecule has 4 amide bonds. The second-order valence-electron chi connectivity index (χ2n) is 5.37. The monoisotopic (exact) mass is 372 g/mol. The number of amides is 4. The number of nitrogens with zero attached hydrogens (tertiary/aromatic N) is 1. The van der Waals surface area contributed by atoms with Crippen LogP contribution in [0.4, 0.5) is 10.5 Å². The average Bonchev–Trinajstić information content (AvgIpc) is 2.61. The lowest BCUT2D eigenvalue weighted by molar-refractivity contribution is -0.122. The summed E-state index contributed by atoms with van der Waals surface area (Å²) in [5.41, 5.74) is 0.495. The van der Waals surface area contributed by atoms with Gasteiger partial charge in [0.1, 0.15) is 5.57 Å². The molecule has 1 saturated heterocycles. The zero-order valence-corrected chi connectivity index (χ0v) is 14.3. The van der Waals surface area contributed by atoms with Crippen molar-refractivity contribution in [3.63, 3.8) is 0 Å². The standard InChI is InChI=1S/C18H13ClN2O5/c1-26-15-9-10(2-7-14(15)22)8-13-16(23)20-18(25)21(17(13)24)12-5-3-11(19)4-6-12/h2-9,22H,1H3,(H,20,23,25). The molecule has 0 unspecified atom stereocenters. The number of barbiturate groups is 1. The predicted molar refractivity (Wildman–Crippen MR) is 95.1 cm³/mol. The molecule has 8 heteroatoms. The number of carbonyl (C=O) groups is 3. The van der Waals surface area contributed by atoms with E-state index in [0.29, 0.717) is 10.6 Å². The summed E-state index contributed by atoms with van der Waals surface area (Å²) in [5, 5.41) is 12.2. The van der Waals surface area contributed by atoms with Crippen LogP contribution in [0.5, 0.6) is 11.5 Å². The number of hydrogen-bond donors (Lipinski definition) is 2. The minimum absolute atomic E-state index is 0.0768. The van der Waals surface area contributed by atoms with E-state index in [2.05, 4.69) is 5.32 Å². The maximum atomic E-state index is 12.7. The molecule has 0 aliphatic carbocycles. The molecule has 0 aromatic heterocycles. The summed E-state index contributed by atoms with van der Waals surface area (Å²) in [5.74, 6) is -1.47. The number of phenolic OH excluding ortho intramolecular Hbond substituents is 1. The maximum Gasteiger partial charge on any atom is 0.335 e. The fourth-order valence-electron chi connectivity index (χ4n) is 2.43. The van der Waals surface area contributed by atoms with E-state index >= 15 is 0 Å². The molecule has 0 spiro atoms. The third-order valence-electron chi connectivity index (χ3n) is 3.70. The van der Waals surface area contributed by atoms with Crippen LogP contribution in [0.3, 0.4) is 0 Å². The first-order chi connectivity index (χ1) is 12.4. The van der Waals surface area contributed by atoms with Gasteiger partial charge in [0.2, 0.25) is 0 Å². The summed E-state index contributed by atoms with van der Waals surface area (Å²) in [6, 6.07) is 9.55. The smallest absolute Gasteiger partial charge is 0.335 e. The first-order valence-corrected chi connectivity index (χ1v) is 7.82. The molecular formula is C18H13ClN2O5. The third-order valence-corrected chi connectivity index (χ3v) is 3.95. The van der Waals surface area contributed by atoms with Crippen molar-refractivity contribution in [3.8, 4) is 11.5 Å². The summed E-state index contributed by atoms with van der Waals surface area (Å²) in [4.78, 5) is 37.8. The molecule has 0 bridgehead atoms. The zero-order chi connectivity index (χ0) is 18.8. The lowest BCUT2D eigenvalue weighted by atomic mass is 10.1. The van der Waals surface area contributed by atoms with Crippen LogP contribution in [-0.4, -0.2) is 30.1 Å². The van der Waals surface area contributed by atoms with E-state index in [1.54, 1.807) is 0 Å². The topological polar surface area (TPSA) is 95.9 Å². The van der Waals surface area contributed by atoms with Gasteiger partial charge in [-0.25, -0.2) is 9.69 Å². The van der Waals surface area contributed by atoms with Crippen molar-refractivity contribution in [1.29, 1.82) is 0 Å². The molecule has 0 saturated carbocycles. The first kappa shape index (κ1) is 17.5. The number of carbonyl (C=O) groups excluding carboxylic acids is 3. The highest BCUT2D eigenvalue weighted by atomic mass is 35.5. The predicted octanol–water partition coefficient (Wildman–Crippen LogP) is 2.72. The van der Waals surface area contributed by atoms with Crippen molar-refractivity contribution in [2.75, 3.05) is 12.0 Å². The number of urea groups is 1. The van der Waals surface area contributed by atoms with E-state index in [1.165, 1.54) is 55.7 Å². The van der Waals surface area contributed by atoms with E-state index in [4.69, 9.17) is 16.3 Å². The van der Waals surface area contributed by atoms with Crippen molar-refractivity contribution in [1.82, 2.24) is 5.32 Å². The molecule has 1 aliphatic heterocycles. The van der Waals surface area contributed by atoms with Crippen molar-refractivity contribution < 1.29 is 24.2 Å². The van der Waals surface area contributed by atoms with Gasteiger partial charge in [0.05, 0.1) is 12.8 Å². The molecule has 1 fully saturated rings. The minimum Gasteiger partial charge on any atom is -0.504 e. The summed E-state index contributed by atoms with van der Waals surface area (Å²) in [7, 11) is 1.38. The van der Waals surface area contributed by atoms with E-state index in [-0.39, 0.29) is 22.8 Å². The Morgan fingerprint density at radius 3 is 2.46 bits per heavy atom. The minimum atomic E-state index is -0.845. The Bertz CT molecular complexity index is 937. The Morgan fingerprint density at radius 1 is 1.12 bits per heavy atom. The molecule has 1 aliphatic rings. The Kier molecular flexibility index (Phi) is 4.64. The number of ether oxygens (including phenoxy) is 1. The molecule has 1 heterocycles. The molecule has 7 nitrogen and oxygen atoms in total. The van der Waals surface area contributed by atoms with Crippen LogP contribution in [0, 0.1) is 0 Å². The SMILES string of the molecule is COc1cc(C=C2C(=O)NC(=O)N(c3ccc(Cl)cc3)C2=O)ccc1O. The number of aromatic hydroxyl groups is 1. The van der Waals surface area contributed by atoms with E-state index in [0.717, 1.165) is 4.90 Å². The molecule has 2 N–H and O–H groups in total. The largest absolute Gasteiger partial charge is 0.504 e. The van der Waals surface area contributed by atoms with Crippen molar-refractivity contribution in [2.24, 2.45) is 0 Å². The maximum absolute atomic E-state index is 12.7. The van der Waals surface area contributed by atoms with E-state index in [1.807, 2.05) is 0 Å². The number of anilines is 1. The number of benzene rings is 2. The van der Waals surface area contributed by atoms with Gasteiger partial charge in [-0.2, -0.15) is 0 Å². The number of phenols is 1. The summed E-state index contributed by atoms with van der Waals surface area (Å²) in [6.07, 6.45) is 1.31. The van der Waals surface area contributed by atoms with Crippen molar-refractivity contribution in [2.45, 2.75) is 0 Å². The molecule has 2 aromatic carbocycles. The van der Waals surface area contributed by atoms with Gasteiger partial charge in [0.25, 0.3) is 11.8 Å². The second-order valence-corrected chi connectivity index (χ2v) is 5.80. The Labute approximate surface area is 153 Å². The third kappa shape index (κ3) is 3.25. The Balaban J connectivity index is 2.01. The van der Waals surface area contributed by atoms with Gasteiger partial charge in [0, 0.05) is 5.02 Å². The number of halogens is 1. The van der Waals surface area contributed by atoms with Crippen LogP contribution in [0.1, 0.15) is 5.56 Å². The molecule has 26 heavy (non-hydrogen) atoms. The molecule has 0 radical (unpaired) electrons. The highest BCUT2D eigenvalue weighted by molar-refractivity contribution is 6.39. The summed E-state index contributed by atoms with van der Waals surface area (Å²) < 4.78 is 5.01. The van der Waals surface area contributed by atoms with E-state index < -0.39 is 17.8 Å². The number of methoxy groups -OCH3 is 1. The summed E-state index contributed by atoms with van der Waals surface area (Å²) in [6.45, 7) is 0. The second kappa shape index (κ2) is 6.89. The van der Waals surface area contributed by atoms with Gasteiger partial charge >= 0.3 is 6.03 Å². The fraction of sp³-hybridized carbons (Fsp3) is 0.0556. The average molecular weight is 373 g/mol. The Hall–Kier alpha value is -3.32. The van der Waals surface area contributed by atoms with E-state index in [9.17, 15) is 19.5 Å². The quantitative estimate of drug-likeness (QED) is 0.638. The number of imide groups is 2. The normalized spacial score (nSPS) is 16.0. The van der Waals surface area contributed by atoms with Gasteiger partial charge in [-0.15, -0.1) is 0 Å². The summed E-state index contributed by atoms with van der Waals surface area (Å²) >= 11 is 5.82. The number of rotatable bonds is 3. The lowest BCUT2D eigenvalue weighted by Crippen LogP contribution is -2.54. The van der Waals surface area contributed by atoms with Gasteiger partial charge in [-0.1, -0.05) is 17.7 Å². The van der Waals surface area contributed by atoms with Crippen LogP contribution in [0.2, 0.25) is 5.02 Å². The van der Waals surface area contributed by atoms with Gasteiger partial charge in [-0.05, 0) is 48.0 Å². The van der Waals surface area contributed by atoms with Crippen LogP contribution in [-0.2, 0) is 9.59 Å². The number of nitrogens with one attached hydrogen (secondary N) is 1. The highest BCUT2D eigenvalue weighted by Gasteiger charge is 2.36. The molecule has 0 atom stereocenters.